The number of hydrogen-bond donors (Lipinski definition) is 1. The Hall–Kier alpha value is -3.51. The van der Waals surface area contributed by atoms with E-state index in [2.05, 4.69) is 48.5 Å². The first-order chi connectivity index (χ1) is 14.6. The van der Waals surface area contributed by atoms with Crippen molar-refractivity contribution in [2.24, 2.45) is 0 Å². The van der Waals surface area contributed by atoms with E-state index in [0.717, 1.165) is 13.1 Å². The van der Waals surface area contributed by atoms with Gasteiger partial charge in [-0.25, -0.2) is 0 Å². The maximum atomic E-state index is 13.0. The molecule has 0 radical (unpaired) electrons. The number of carbonyl (C=O) groups excluding carboxylic acids is 1. The van der Waals surface area contributed by atoms with Crippen molar-refractivity contribution >= 4 is 11.6 Å². The number of nitrogens with zero attached hydrogens (tertiary/aromatic N) is 2. The number of nitrogens with one attached hydrogen (secondary N) is 1. The van der Waals surface area contributed by atoms with E-state index >= 15 is 0 Å². The van der Waals surface area contributed by atoms with Crippen LogP contribution in [0.2, 0.25) is 0 Å². The summed E-state index contributed by atoms with van der Waals surface area (Å²) in [6, 6.07) is 27.2. The quantitative estimate of drug-likeness (QED) is 0.527. The second-order valence-corrected chi connectivity index (χ2v) is 7.48. The number of nitro benzene ring substituents is 1. The van der Waals surface area contributed by atoms with Crippen molar-refractivity contribution in [3.8, 4) is 0 Å². The first kappa shape index (κ1) is 19.8. The average Bonchev–Trinajstić information content (AvgIpc) is 2.81. The lowest BCUT2D eigenvalue weighted by Crippen LogP contribution is -3.15. The van der Waals surface area contributed by atoms with Crippen LogP contribution in [0.1, 0.15) is 27.5 Å². The van der Waals surface area contributed by atoms with E-state index < -0.39 is 4.92 Å². The molecule has 0 aromatic heterocycles. The number of benzene rings is 3. The van der Waals surface area contributed by atoms with Crippen LogP contribution in [0.15, 0.2) is 84.9 Å². The lowest BCUT2D eigenvalue weighted by atomic mass is 9.96. The largest absolute Gasteiger partial charge is 0.327 e. The molecule has 0 unspecified atom stereocenters. The van der Waals surface area contributed by atoms with E-state index in [1.54, 1.807) is 17.0 Å². The van der Waals surface area contributed by atoms with E-state index in [0.29, 0.717) is 13.1 Å². The van der Waals surface area contributed by atoms with Crippen LogP contribution in [0.25, 0.3) is 0 Å². The average molecular weight is 402 g/mol. The summed E-state index contributed by atoms with van der Waals surface area (Å²) in [4.78, 5) is 26.9. The molecule has 0 spiro atoms. The van der Waals surface area contributed by atoms with Crippen LogP contribution in [-0.2, 0) is 0 Å². The summed E-state index contributed by atoms with van der Waals surface area (Å²) in [5.74, 6) is -0.266. The van der Waals surface area contributed by atoms with Gasteiger partial charge in [0.25, 0.3) is 11.6 Å². The third kappa shape index (κ3) is 4.09. The SMILES string of the molecule is O=C(c1ccccc1[N+](=O)[O-])N1CC[NH+](C(c2ccccc2)c2ccccc2)CC1. The maximum Gasteiger partial charge on any atom is 0.282 e. The molecule has 1 amide bonds. The monoisotopic (exact) mass is 402 g/mol. The molecule has 3 aromatic carbocycles. The van der Waals surface area contributed by atoms with Gasteiger partial charge in [0, 0.05) is 17.2 Å². The Bertz CT molecular complexity index is 977. The Balaban J connectivity index is 1.53. The highest BCUT2D eigenvalue weighted by Crippen LogP contribution is 2.21. The molecule has 1 aliphatic heterocycles. The second-order valence-electron chi connectivity index (χ2n) is 7.48. The molecular weight excluding hydrogens is 378 g/mol. The highest BCUT2D eigenvalue weighted by molar-refractivity contribution is 5.98. The topological polar surface area (TPSA) is 67.9 Å². The third-order valence-corrected chi connectivity index (χ3v) is 5.70. The van der Waals surface area contributed by atoms with Gasteiger partial charge < -0.3 is 9.80 Å². The van der Waals surface area contributed by atoms with Crippen molar-refractivity contribution < 1.29 is 14.6 Å². The van der Waals surface area contributed by atoms with Crippen molar-refractivity contribution in [1.82, 2.24) is 4.90 Å². The Labute approximate surface area is 175 Å². The van der Waals surface area contributed by atoms with Gasteiger partial charge in [0.15, 0.2) is 0 Å². The van der Waals surface area contributed by atoms with Gasteiger partial charge in [-0.2, -0.15) is 0 Å². The van der Waals surface area contributed by atoms with Gasteiger partial charge in [0.05, 0.1) is 31.1 Å². The molecule has 3 aromatic rings. The summed E-state index contributed by atoms with van der Waals surface area (Å²) >= 11 is 0. The van der Waals surface area contributed by atoms with Crippen molar-refractivity contribution in [2.75, 3.05) is 26.2 Å². The zero-order valence-corrected chi connectivity index (χ0v) is 16.6. The summed E-state index contributed by atoms with van der Waals surface area (Å²) in [6.45, 7) is 2.69. The highest BCUT2D eigenvalue weighted by atomic mass is 16.6. The second kappa shape index (κ2) is 8.88. The molecular formula is C24H24N3O3+. The lowest BCUT2D eigenvalue weighted by molar-refractivity contribution is -0.929. The lowest BCUT2D eigenvalue weighted by Gasteiger charge is -2.37. The van der Waals surface area contributed by atoms with Crippen molar-refractivity contribution in [3.05, 3.63) is 112 Å². The molecule has 0 aliphatic carbocycles. The molecule has 0 bridgehead atoms. The van der Waals surface area contributed by atoms with E-state index in [1.165, 1.54) is 28.2 Å². The van der Waals surface area contributed by atoms with Crippen molar-refractivity contribution in [3.63, 3.8) is 0 Å². The van der Waals surface area contributed by atoms with E-state index in [1.807, 2.05) is 12.1 Å². The molecule has 4 rings (SSSR count). The number of hydrogen-bond acceptors (Lipinski definition) is 3. The number of para-hydroxylation sites is 1. The number of carbonyl (C=O) groups is 1. The number of quaternary nitrogens is 1. The maximum absolute atomic E-state index is 13.0. The Morgan fingerprint density at radius 1 is 0.833 bits per heavy atom. The van der Waals surface area contributed by atoms with Gasteiger partial charge in [-0.15, -0.1) is 0 Å². The summed E-state index contributed by atoms with van der Waals surface area (Å²) in [6.07, 6.45) is 0. The van der Waals surface area contributed by atoms with Crippen molar-refractivity contribution in [1.29, 1.82) is 0 Å². The fourth-order valence-corrected chi connectivity index (χ4v) is 4.22. The molecule has 0 saturated carbocycles. The summed E-state index contributed by atoms with van der Waals surface area (Å²) in [7, 11) is 0. The minimum atomic E-state index is -0.491. The van der Waals surface area contributed by atoms with Gasteiger partial charge in [-0.05, 0) is 6.07 Å². The number of amides is 1. The molecule has 1 N–H and O–H groups in total. The van der Waals surface area contributed by atoms with Crippen LogP contribution in [0.4, 0.5) is 5.69 Å². The van der Waals surface area contributed by atoms with E-state index in [-0.39, 0.29) is 23.2 Å². The van der Waals surface area contributed by atoms with Crippen LogP contribution in [0.3, 0.4) is 0 Å². The molecule has 6 nitrogen and oxygen atoms in total. The molecule has 0 atom stereocenters. The standard InChI is InChI=1S/C24H23N3O3/c28-24(21-13-7-8-14-22(21)27(29)30)26-17-15-25(16-18-26)23(19-9-3-1-4-10-19)20-11-5-2-6-12-20/h1-14,23H,15-18H2/p+1. The summed E-state index contributed by atoms with van der Waals surface area (Å²) in [5, 5.41) is 11.3. The van der Waals surface area contributed by atoms with Gasteiger partial charge >= 0.3 is 0 Å². The highest BCUT2D eigenvalue weighted by Gasteiger charge is 2.33. The van der Waals surface area contributed by atoms with Gasteiger partial charge in [-0.1, -0.05) is 72.8 Å². The molecule has 152 valence electrons. The van der Waals surface area contributed by atoms with Gasteiger partial charge in [0.1, 0.15) is 11.6 Å². The Morgan fingerprint density at radius 2 is 1.33 bits per heavy atom. The van der Waals surface area contributed by atoms with Crippen LogP contribution < -0.4 is 4.90 Å². The summed E-state index contributed by atoms with van der Waals surface area (Å²) in [5.41, 5.74) is 2.52. The molecule has 1 heterocycles. The predicted molar refractivity (Wildman–Crippen MR) is 114 cm³/mol. The smallest absolute Gasteiger partial charge is 0.282 e. The number of piperazine rings is 1. The molecule has 6 heteroatoms. The minimum absolute atomic E-state index is 0.135. The van der Waals surface area contributed by atoms with Crippen LogP contribution in [0, 0.1) is 10.1 Å². The summed E-state index contributed by atoms with van der Waals surface area (Å²) < 4.78 is 0. The van der Waals surface area contributed by atoms with Crippen LogP contribution >= 0.6 is 0 Å². The predicted octanol–water partition coefficient (Wildman–Crippen LogP) is 2.73. The first-order valence-electron chi connectivity index (χ1n) is 10.1. The van der Waals surface area contributed by atoms with E-state index in [9.17, 15) is 14.9 Å². The van der Waals surface area contributed by atoms with Gasteiger partial charge in [0.2, 0.25) is 0 Å². The minimum Gasteiger partial charge on any atom is -0.327 e. The zero-order valence-electron chi connectivity index (χ0n) is 16.6. The molecule has 1 fully saturated rings. The van der Waals surface area contributed by atoms with Crippen molar-refractivity contribution in [2.45, 2.75) is 6.04 Å². The molecule has 1 aliphatic rings. The first-order valence-corrected chi connectivity index (χ1v) is 10.1. The normalized spacial score (nSPS) is 14.6. The fraction of sp³-hybridized carbons (Fsp3) is 0.208. The molecule has 30 heavy (non-hydrogen) atoms. The van der Waals surface area contributed by atoms with E-state index in [4.69, 9.17) is 0 Å². The third-order valence-electron chi connectivity index (χ3n) is 5.70. The number of nitro groups is 1. The van der Waals surface area contributed by atoms with Crippen LogP contribution in [0.5, 0.6) is 0 Å². The zero-order chi connectivity index (χ0) is 20.9. The Morgan fingerprint density at radius 3 is 1.87 bits per heavy atom. The number of rotatable bonds is 5. The Kier molecular flexibility index (Phi) is 5.86. The fourth-order valence-electron chi connectivity index (χ4n) is 4.22. The van der Waals surface area contributed by atoms with Crippen LogP contribution in [-0.4, -0.2) is 41.9 Å². The molecule has 1 saturated heterocycles. The van der Waals surface area contributed by atoms with Gasteiger partial charge in [-0.3, -0.25) is 14.9 Å².